The van der Waals surface area contributed by atoms with Crippen LogP contribution in [0.4, 0.5) is 0 Å². The van der Waals surface area contributed by atoms with E-state index in [2.05, 4.69) is 29.5 Å². The normalized spacial score (nSPS) is 11.7. The Morgan fingerprint density at radius 1 is 1.21 bits per heavy atom. The second-order valence-electron chi connectivity index (χ2n) is 8.00. The minimum Gasteiger partial charge on any atom is -0.496 e. The van der Waals surface area contributed by atoms with Gasteiger partial charge < -0.3 is 20.1 Å². The van der Waals surface area contributed by atoms with Crippen molar-refractivity contribution in [3.63, 3.8) is 0 Å². The summed E-state index contributed by atoms with van der Waals surface area (Å²) in [4.78, 5) is 27.0. The van der Waals surface area contributed by atoms with Gasteiger partial charge >= 0.3 is 5.97 Å². The van der Waals surface area contributed by atoms with Crippen molar-refractivity contribution in [2.24, 2.45) is 0 Å². The Hall–Kier alpha value is -3.80. The number of aromatic amines is 1. The Morgan fingerprint density at radius 3 is 2.67 bits per heavy atom. The van der Waals surface area contributed by atoms with Crippen LogP contribution >= 0.6 is 0 Å². The number of fused-ring (bicyclic) bond motifs is 1. The summed E-state index contributed by atoms with van der Waals surface area (Å²) in [6, 6.07) is 11.0. The van der Waals surface area contributed by atoms with Gasteiger partial charge in [-0.05, 0) is 48.2 Å². The molecule has 0 fully saturated rings. The van der Waals surface area contributed by atoms with Crippen molar-refractivity contribution < 1.29 is 19.4 Å². The van der Waals surface area contributed by atoms with Crippen LogP contribution in [0.25, 0.3) is 10.9 Å². The first-order valence-corrected chi connectivity index (χ1v) is 11.0. The van der Waals surface area contributed by atoms with E-state index in [0.717, 1.165) is 34.0 Å². The predicted molar refractivity (Wildman–Crippen MR) is 131 cm³/mol. The Labute approximate surface area is 194 Å². The highest BCUT2D eigenvalue weighted by Crippen LogP contribution is 2.39. The lowest BCUT2D eigenvalue weighted by Gasteiger charge is -2.19. The average Bonchev–Trinajstić information content (AvgIpc) is 3.23. The number of H-pyrrole nitrogens is 1. The summed E-state index contributed by atoms with van der Waals surface area (Å²) in [5.41, 5.74) is 4.60. The largest absolute Gasteiger partial charge is 0.496 e. The first-order valence-electron chi connectivity index (χ1n) is 11.0. The molecule has 0 saturated carbocycles. The number of benzene rings is 2. The number of hydrogen-bond acceptors (Lipinski definition) is 3. The lowest BCUT2D eigenvalue weighted by atomic mass is 9.86. The average molecular weight is 447 g/mol. The summed E-state index contributed by atoms with van der Waals surface area (Å²) in [5, 5.41) is 13.2. The van der Waals surface area contributed by atoms with Crippen LogP contribution in [-0.2, 0) is 11.2 Å². The number of carboxylic acids is 1. The number of ether oxygens (including phenoxy) is 1. The van der Waals surface area contributed by atoms with E-state index in [1.807, 2.05) is 31.3 Å². The summed E-state index contributed by atoms with van der Waals surface area (Å²) in [6.45, 7) is 10.5. The van der Waals surface area contributed by atoms with Gasteiger partial charge in [0.15, 0.2) is 0 Å². The van der Waals surface area contributed by atoms with Crippen molar-refractivity contribution in [2.45, 2.75) is 32.1 Å². The molecule has 1 unspecified atom stereocenters. The number of hydrogen-bond donors (Lipinski definition) is 3. The highest BCUT2D eigenvalue weighted by molar-refractivity contribution is 5.93. The molecule has 6 nitrogen and oxygen atoms in total. The maximum Gasteiger partial charge on any atom is 0.335 e. The van der Waals surface area contributed by atoms with E-state index < -0.39 is 5.97 Å². The van der Waals surface area contributed by atoms with Crippen LogP contribution in [0, 0.1) is 0 Å². The molecule has 3 rings (SSSR count). The number of carbonyl (C=O) groups excluding carboxylic acids is 1. The molecule has 3 aromatic rings. The van der Waals surface area contributed by atoms with E-state index in [-0.39, 0.29) is 17.4 Å². The number of amides is 1. The number of aromatic carboxylic acids is 1. The van der Waals surface area contributed by atoms with E-state index in [0.29, 0.717) is 30.7 Å². The minimum atomic E-state index is -1.000. The van der Waals surface area contributed by atoms with E-state index >= 15 is 0 Å². The van der Waals surface area contributed by atoms with Crippen LogP contribution < -0.4 is 10.1 Å². The molecule has 0 radical (unpaired) electrons. The molecule has 6 heteroatoms. The Morgan fingerprint density at radius 2 is 2.00 bits per heavy atom. The zero-order valence-electron chi connectivity index (χ0n) is 19.1. The zero-order chi connectivity index (χ0) is 24.0. The molecule has 0 aliphatic heterocycles. The van der Waals surface area contributed by atoms with Crippen molar-refractivity contribution in [1.29, 1.82) is 0 Å². The molecule has 2 aromatic carbocycles. The van der Waals surface area contributed by atoms with Crippen molar-refractivity contribution in [1.82, 2.24) is 10.3 Å². The first-order chi connectivity index (χ1) is 15.9. The van der Waals surface area contributed by atoms with Gasteiger partial charge in [-0.15, -0.1) is 6.58 Å². The van der Waals surface area contributed by atoms with Crippen LogP contribution in [0.1, 0.15) is 52.7 Å². The Kier molecular flexibility index (Phi) is 7.72. The van der Waals surface area contributed by atoms with E-state index in [1.165, 1.54) is 7.11 Å². The molecule has 1 aromatic heterocycles. The second kappa shape index (κ2) is 10.7. The molecule has 1 atom stereocenters. The van der Waals surface area contributed by atoms with E-state index in [9.17, 15) is 14.7 Å². The molecule has 172 valence electrons. The third-order valence-corrected chi connectivity index (χ3v) is 5.69. The highest BCUT2D eigenvalue weighted by Gasteiger charge is 2.22. The fourth-order valence-electron chi connectivity index (χ4n) is 4.00. The first kappa shape index (κ1) is 23.9. The van der Waals surface area contributed by atoms with Crippen molar-refractivity contribution in [3.05, 3.63) is 89.7 Å². The summed E-state index contributed by atoms with van der Waals surface area (Å²) in [5.74, 6) is -0.687. The molecule has 0 spiro atoms. The van der Waals surface area contributed by atoms with Crippen molar-refractivity contribution in [2.75, 3.05) is 13.7 Å². The van der Waals surface area contributed by atoms with Gasteiger partial charge in [0.1, 0.15) is 5.75 Å². The SMILES string of the molecule is C=CCC(c1ccc(C(=O)O)cc1OC)c1c[nH]c2ccc(CC(=C)C(=O)NCCC)cc12. The molecule has 0 bridgehead atoms. The van der Waals surface area contributed by atoms with Crippen LogP contribution in [0.3, 0.4) is 0 Å². The van der Waals surface area contributed by atoms with Crippen LogP contribution in [0.2, 0.25) is 0 Å². The van der Waals surface area contributed by atoms with Crippen LogP contribution in [0.5, 0.6) is 5.75 Å². The molecule has 33 heavy (non-hydrogen) atoms. The molecule has 0 aliphatic rings. The van der Waals surface area contributed by atoms with Gasteiger partial charge in [0, 0.05) is 47.1 Å². The Balaban J connectivity index is 1.99. The lowest BCUT2D eigenvalue weighted by molar-refractivity contribution is -0.117. The highest BCUT2D eigenvalue weighted by atomic mass is 16.5. The standard InChI is InChI=1S/C27H30N2O4/c1-5-7-20(21-10-9-19(27(31)32)15-25(21)33-4)23-16-29-24-11-8-18(14-22(23)24)13-17(3)26(30)28-12-6-2/h5,8-11,14-16,20,29H,1,3,6-7,12-13H2,2,4H3,(H,28,30)(H,31,32). The summed E-state index contributed by atoms with van der Waals surface area (Å²) in [7, 11) is 1.54. The number of methoxy groups -OCH3 is 1. The van der Waals surface area contributed by atoms with Gasteiger partial charge in [0.25, 0.3) is 0 Å². The Bertz CT molecular complexity index is 1190. The summed E-state index contributed by atoms with van der Waals surface area (Å²) < 4.78 is 5.54. The number of carbonyl (C=O) groups is 2. The topological polar surface area (TPSA) is 91.4 Å². The minimum absolute atomic E-state index is 0.0830. The van der Waals surface area contributed by atoms with E-state index in [4.69, 9.17) is 4.74 Å². The summed E-state index contributed by atoms with van der Waals surface area (Å²) >= 11 is 0. The molecule has 3 N–H and O–H groups in total. The van der Waals surface area contributed by atoms with Crippen molar-refractivity contribution >= 4 is 22.8 Å². The maximum absolute atomic E-state index is 12.2. The number of aromatic nitrogens is 1. The van der Waals surface area contributed by atoms with Crippen LogP contribution in [0.15, 0.2) is 67.4 Å². The maximum atomic E-state index is 12.2. The fraction of sp³-hybridized carbons (Fsp3) is 0.259. The van der Waals surface area contributed by atoms with Gasteiger partial charge in [0.2, 0.25) is 5.91 Å². The predicted octanol–water partition coefficient (Wildman–Crippen LogP) is 5.21. The molecule has 1 amide bonds. The quantitative estimate of drug-likeness (QED) is 0.279. The van der Waals surface area contributed by atoms with Crippen LogP contribution in [-0.4, -0.2) is 35.6 Å². The smallest absolute Gasteiger partial charge is 0.335 e. The lowest BCUT2D eigenvalue weighted by Crippen LogP contribution is -2.25. The van der Waals surface area contributed by atoms with Gasteiger partial charge in [-0.1, -0.05) is 31.7 Å². The van der Waals surface area contributed by atoms with Gasteiger partial charge in [-0.3, -0.25) is 4.79 Å². The molecule has 0 aliphatic carbocycles. The summed E-state index contributed by atoms with van der Waals surface area (Å²) in [6.07, 6.45) is 5.79. The monoisotopic (exact) mass is 446 g/mol. The third kappa shape index (κ3) is 5.34. The van der Waals surface area contributed by atoms with Gasteiger partial charge in [0.05, 0.1) is 12.7 Å². The third-order valence-electron chi connectivity index (χ3n) is 5.69. The molecular formula is C27H30N2O4. The molecule has 1 heterocycles. The number of allylic oxidation sites excluding steroid dienone is 1. The molecule has 0 saturated heterocycles. The second-order valence-corrected chi connectivity index (χ2v) is 8.00. The number of carboxylic acid groups (broad SMARTS) is 1. The number of rotatable bonds is 11. The van der Waals surface area contributed by atoms with Crippen molar-refractivity contribution in [3.8, 4) is 5.75 Å². The van der Waals surface area contributed by atoms with E-state index in [1.54, 1.807) is 18.2 Å². The van der Waals surface area contributed by atoms with Gasteiger partial charge in [-0.25, -0.2) is 4.79 Å². The zero-order valence-corrected chi connectivity index (χ0v) is 19.1. The van der Waals surface area contributed by atoms with Gasteiger partial charge in [-0.2, -0.15) is 0 Å². The fourth-order valence-corrected chi connectivity index (χ4v) is 4.00. The molecular weight excluding hydrogens is 416 g/mol. The number of nitrogens with one attached hydrogen (secondary N) is 2.